The van der Waals surface area contributed by atoms with Crippen LogP contribution in [0.4, 0.5) is 0 Å². The summed E-state index contributed by atoms with van der Waals surface area (Å²) < 4.78 is 29.5. The lowest BCUT2D eigenvalue weighted by Gasteiger charge is -2.12. The van der Waals surface area contributed by atoms with Gasteiger partial charge < -0.3 is 28.3 Å². The highest BCUT2D eigenvalue weighted by Gasteiger charge is 2.12. The molecule has 32 heavy (non-hydrogen) atoms. The van der Waals surface area contributed by atoms with Crippen LogP contribution in [0.25, 0.3) is 16.3 Å². The van der Waals surface area contributed by atoms with Gasteiger partial charge in [0.25, 0.3) is 5.91 Å². The molecule has 1 aromatic heterocycles. The highest BCUT2D eigenvalue weighted by molar-refractivity contribution is 7.16. The molecule has 0 saturated carbocycles. The number of thiazole rings is 1. The zero-order valence-electron chi connectivity index (χ0n) is 18.7. The SMILES string of the molecule is COCCn1c(=NC(=O)C=Cc2cc(OC)c(OC)c(OC)c2)sc2cc(OC)ccc21. The first-order valence-corrected chi connectivity index (χ1v) is 10.6. The fourth-order valence-corrected chi connectivity index (χ4v) is 4.25. The van der Waals surface area contributed by atoms with Crippen LogP contribution in [-0.2, 0) is 16.1 Å². The van der Waals surface area contributed by atoms with Crippen molar-refractivity contribution in [1.82, 2.24) is 4.57 Å². The van der Waals surface area contributed by atoms with Gasteiger partial charge in [-0.2, -0.15) is 4.99 Å². The summed E-state index contributed by atoms with van der Waals surface area (Å²) in [6, 6.07) is 9.29. The van der Waals surface area contributed by atoms with Crippen molar-refractivity contribution in [2.24, 2.45) is 4.99 Å². The molecule has 0 aliphatic carbocycles. The van der Waals surface area contributed by atoms with Crippen LogP contribution in [-0.4, -0.2) is 52.6 Å². The lowest BCUT2D eigenvalue weighted by atomic mass is 10.1. The van der Waals surface area contributed by atoms with Gasteiger partial charge in [0.2, 0.25) is 5.75 Å². The maximum Gasteiger partial charge on any atom is 0.272 e. The lowest BCUT2D eigenvalue weighted by molar-refractivity contribution is -0.113. The third-order valence-electron chi connectivity index (χ3n) is 4.72. The van der Waals surface area contributed by atoms with Crippen LogP contribution in [0.3, 0.4) is 0 Å². The van der Waals surface area contributed by atoms with Gasteiger partial charge in [-0.15, -0.1) is 0 Å². The van der Waals surface area contributed by atoms with Gasteiger partial charge >= 0.3 is 0 Å². The van der Waals surface area contributed by atoms with Crippen LogP contribution < -0.4 is 23.7 Å². The Bertz CT molecular complexity index is 1170. The molecule has 9 heteroatoms. The molecule has 0 spiro atoms. The van der Waals surface area contributed by atoms with Crippen LogP contribution >= 0.6 is 11.3 Å². The van der Waals surface area contributed by atoms with Crippen molar-refractivity contribution in [1.29, 1.82) is 0 Å². The number of rotatable bonds is 9. The molecule has 1 amide bonds. The summed E-state index contributed by atoms with van der Waals surface area (Å²) in [5.41, 5.74) is 1.68. The van der Waals surface area contributed by atoms with E-state index in [-0.39, 0.29) is 5.91 Å². The van der Waals surface area contributed by atoms with Crippen molar-refractivity contribution in [2.45, 2.75) is 6.54 Å². The summed E-state index contributed by atoms with van der Waals surface area (Å²) in [6.07, 6.45) is 3.07. The Balaban J connectivity index is 1.96. The zero-order chi connectivity index (χ0) is 23.1. The van der Waals surface area contributed by atoms with Crippen LogP contribution in [0.5, 0.6) is 23.0 Å². The van der Waals surface area contributed by atoms with E-state index in [1.165, 1.54) is 24.5 Å². The van der Waals surface area contributed by atoms with E-state index in [9.17, 15) is 4.79 Å². The second-order valence-electron chi connectivity index (χ2n) is 6.60. The Morgan fingerprint density at radius 1 is 1.00 bits per heavy atom. The number of ether oxygens (including phenoxy) is 5. The highest BCUT2D eigenvalue weighted by Crippen LogP contribution is 2.38. The molecular formula is C23H26N2O6S. The second kappa shape index (κ2) is 10.8. The molecular weight excluding hydrogens is 432 g/mol. The number of carbonyl (C=O) groups is 1. The van der Waals surface area contributed by atoms with Crippen LogP contribution in [0.2, 0.25) is 0 Å². The van der Waals surface area contributed by atoms with Crippen LogP contribution in [0.1, 0.15) is 5.56 Å². The minimum absolute atomic E-state index is 0.386. The number of carbonyl (C=O) groups excluding carboxylic acids is 1. The molecule has 3 rings (SSSR count). The minimum Gasteiger partial charge on any atom is -0.497 e. The second-order valence-corrected chi connectivity index (χ2v) is 7.61. The largest absolute Gasteiger partial charge is 0.497 e. The summed E-state index contributed by atoms with van der Waals surface area (Å²) in [5.74, 6) is 1.86. The Labute approximate surface area is 190 Å². The highest BCUT2D eigenvalue weighted by atomic mass is 32.1. The van der Waals surface area contributed by atoms with Gasteiger partial charge in [-0.05, 0) is 42.0 Å². The normalized spacial score (nSPS) is 11.8. The molecule has 2 aromatic carbocycles. The Kier molecular flexibility index (Phi) is 7.91. The summed E-state index contributed by atoms with van der Waals surface area (Å²) in [6.45, 7) is 1.08. The van der Waals surface area contributed by atoms with Crippen LogP contribution in [0, 0.1) is 0 Å². The monoisotopic (exact) mass is 458 g/mol. The van der Waals surface area contributed by atoms with Crippen molar-refractivity contribution < 1.29 is 28.5 Å². The predicted molar refractivity (Wildman–Crippen MR) is 124 cm³/mol. The van der Waals surface area contributed by atoms with Gasteiger partial charge in [0.1, 0.15) is 5.75 Å². The van der Waals surface area contributed by atoms with Gasteiger partial charge in [0.05, 0.1) is 45.3 Å². The molecule has 0 saturated heterocycles. The Morgan fingerprint density at radius 3 is 2.31 bits per heavy atom. The van der Waals surface area contributed by atoms with Crippen molar-refractivity contribution in [3.8, 4) is 23.0 Å². The average Bonchev–Trinajstić information content (AvgIpc) is 3.16. The fourth-order valence-electron chi connectivity index (χ4n) is 3.16. The van der Waals surface area contributed by atoms with Gasteiger partial charge in [0.15, 0.2) is 16.3 Å². The molecule has 0 bridgehead atoms. The fraction of sp³-hybridized carbons (Fsp3) is 0.304. The van der Waals surface area contributed by atoms with Crippen molar-refractivity contribution in [3.63, 3.8) is 0 Å². The summed E-state index contributed by atoms with van der Waals surface area (Å²) >= 11 is 1.42. The van der Waals surface area contributed by atoms with Gasteiger partial charge in [-0.1, -0.05) is 11.3 Å². The zero-order valence-corrected chi connectivity index (χ0v) is 19.5. The number of fused-ring (bicyclic) bond motifs is 1. The number of aromatic nitrogens is 1. The average molecular weight is 459 g/mol. The van der Waals surface area contributed by atoms with E-state index >= 15 is 0 Å². The molecule has 0 aliphatic rings. The molecule has 3 aromatic rings. The summed E-state index contributed by atoms with van der Waals surface area (Å²) in [4.78, 5) is 17.5. The standard InChI is InChI=1S/C23H26N2O6S/c1-27-11-10-25-17-8-7-16(28-2)14-20(17)32-23(25)24-21(26)9-6-15-12-18(29-3)22(31-5)19(13-15)30-4/h6-9,12-14H,10-11H2,1-5H3. The maximum absolute atomic E-state index is 12.6. The number of methoxy groups -OCH3 is 5. The first-order chi connectivity index (χ1) is 15.5. The molecule has 8 nitrogen and oxygen atoms in total. The first kappa shape index (κ1) is 23.4. The Morgan fingerprint density at radius 2 is 1.72 bits per heavy atom. The molecule has 0 N–H and O–H groups in total. The molecule has 0 aliphatic heterocycles. The lowest BCUT2D eigenvalue weighted by Crippen LogP contribution is -2.18. The number of hydrogen-bond donors (Lipinski definition) is 0. The minimum atomic E-state index is -0.386. The van der Waals surface area contributed by atoms with E-state index in [1.54, 1.807) is 46.6 Å². The van der Waals surface area contributed by atoms with Gasteiger partial charge in [0, 0.05) is 19.7 Å². The quantitative estimate of drug-likeness (QED) is 0.457. The van der Waals surface area contributed by atoms with Crippen molar-refractivity contribution >= 4 is 33.5 Å². The van der Waals surface area contributed by atoms with E-state index in [2.05, 4.69) is 4.99 Å². The van der Waals surface area contributed by atoms with Crippen molar-refractivity contribution in [2.75, 3.05) is 42.2 Å². The number of nitrogens with zero attached hydrogens (tertiary/aromatic N) is 2. The molecule has 1 heterocycles. The molecule has 0 unspecified atom stereocenters. The smallest absolute Gasteiger partial charge is 0.272 e. The maximum atomic E-state index is 12.6. The third kappa shape index (κ3) is 5.12. The van der Waals surface area contributed by atoms with E-state index in [0.29, 0.717) is 35.2 Å². The number of amides is 1. The first-order valence-electron chi connectivity index (χ1n) is 9.77. The predicted octanol–water partition coefficient (Wildman–Crippen LogP) is 3.52. The van der Waals surface area contributed by atoms with E-state index in [0.717, 1.165) is 21.5 Å². The Hall–Kier alpha value is -3.30. The van der Waals surface area contributed by atoms with Crippen molar-refractivity contribution in [3.05, 3.63) is 46.8 Å². The molecule has 0 fully saturated rings. The molecule has 0 radical (unpaired) electrons. The van der Waals surface area contributed by atoms with Crippen LogP contribution in [0.15, 0.2) is 41.4 Å². The van der Waals surface area contributed by atoms with Gasteiger partial charge in [-0.3, -0.25) is 4.79 Å². The van der Waals surface area contributed by atoms with Gasteiger partial charge in [-0.25, -0.2) is 0 Å². The molecule has 0 atom stereocenters. The van der Waals surface area contributed by atoms with E-state index in [4.69, 9.17) is 23.7 Å². The molecule has 170 valence electrons. The number of hydrogen-bond acceptors (Lipinski definition) is 7. The van der Waals surface area contributed by atoms with E-state index in [1.807, 2.05) is 22.8 Å². The summed E-state index contributed by atoms with van der Waals surface area (Å²) in [7, 11) is 7.88. The van der Waals surface area contributed by atoms with E-state index < -0.39 is 0 Å². The third-order valence-corrected chi connectivity index (χ3v) is 5.76. The summed E-state index contributed by atoms with van der Waals surface area (Å²) in [5, 5.41) is 0. The number of benzene rings is 2. The topological polar surface area (TPSA) is 80.5 Å².